The Morgan fingerprint density at radius 3 is 2.35 bits per heavy atom. The number of carbonyl (C=O) groups excluding carboxylic acids is 2. The third-order valence-electron chi connectivity index (χ3n) is 4.40. The van der Waals surface area contributed by atoms with E-state index in [4.69, 9.17) is 0 Å². The summed E-state index contributed by atoms with van der Waals surface area (Å²) in [4.78, 5) is 36.3. The van der Waals surface area contributed by atoms with E-state index in [1.54, 1.807) is 12.3 Å². The van der Waals surface area contributed by atoms with E-state index in [9.17, 15) is 22.8 Å². The number of pyridine rings is 1. The van der Waals surface area contributed by atoms with Crippen LogP contribution in [-0.2, 0) is 21.4 Å². The van der Waals surface area contributed by atoms with Gasteiger partial charge in [0.25, 0.3) is 21.5 Å². The lowest BCUT2D eigenvalue weighted by Gasteiger charge is -2.10. The van der Waals surface area contributed by atoms with Gasteiger partial charge in [0.05, 0.1) is 11.4 Å². The third kappa shape index (κ3) is 5.46. The summed E-state index contributed by atoms with van der Waals surface area (Å²) < 4.78 is 27.3. The molecule has 0 unspecified atom stereocenters. The molecule has 0 fully saturated rings. The van der Waals surface area contributed by atoms with Gasteiger partial charge in [-0.3, -0.25) is 14.4 Å². The first-order chi connectivity index (χ1) is 14.7. The van der Waals surface area contributed by atoms with Crippen LogP contribution in [0.3, 0.4) is 0 Å². The van der Waals surface area contributed by atoms with Crippen LogP contribution in [0, 0.1) is 6.92 Å². The summed E-state index contributed by atoms with van der Waals surface area (Å²) in [5.74, 6) is -1.32. The van der Waals surface area contributed by atoms with Gasteiger partial charge in [0.1, 0.15) is 5.56 Å². The van der Waals surface area contributed by atoms with Gasteiger partial charge in [-0.15, -0.1) is 0 Å². The molecule has 0 saturated heterocycles. The molecular weight excluding hydrogens is 418 g/mol. The molecule has 2 N–H and O–H groups in total. The summed E-state index contributed by atoms with van der Waals surface area (Å²) in [7, 11) is -3.97. The Bertz CT molecular complexity index is 1300. The van der Waals surface area contributed by atoms with Crippen molar-refractivity contribution in [2.75, 3.05) is 5.32 Å². The molecule has 31 heavy (non-hydrogen) atoms. The molecule has 0 aliphatic heterocycles. The number of carbonyl (C=O) groups is 2. The molecule has 0 saturated carbocycles. The average molecular weight is 439 g/mol. The molecule has 0 aliphatic carbocycles. The number of anilines is 1. The van der Waals surface area contributed by atoms with Gasteiger partial charge >= 0.3 is 0 Å². The molecule has 160 valence electrons. The van der Waals surface area contributed by atoms with E-state index in [-0.39, 0.29) is 10.5 Å². The number of aromatic nitrogens is 1. The first kappa shape index (κ1) is 22.0. The van der Waals surface area contributed by atoms with Gasteiger partial charge in [-0.25, -0.2) is 13.1 Å². The fourth-order valence-electron chi connectivity index (χ4n) is 3.01. The van der Waals surface area contributed by atoms with Crippen molar-refractivity contribution < 1.29 is 18.0 Å². The molecule has 2 aromatic carbocycles. The zero-order valence-electron chi connectivity index (χ0n) is 17.0. The minimum atomic E-state index is -3.97. The average Bonchev–Trinajstić information content (AvgIpc) is 2.69. The monoisotopic (exact) mass is 439 g/mol. The first-order valence-electron chi connectivity index (χ1n) is 9.35. The Hall–Kier alpha value is -3.72. The smallest absolute Gasteiger partial charge is 0.264 e. The molecule has 0 atom stereocenters. The standard InChI is InChI=1S/C22H21N3O5S/c1-15-5-3-6-17(13-15)14-25-12-4-7-20(22(25)28)21(27)23-18-8-10-19(11-9-18)31(29,30)24-16(2)26/h3-13H,14H2,1-2H3,(H,23,27)(H,24,26). The van der Waals surface area contributed by atoms with Crippen molar-refractivity contribution >= 4 is 27.5 Å². The van der Waals surface area contributed by atoms with Gasteiger partial charge in [-0.2, -0.15) is 0 Å². The van der Waals surface area contributed by atoms with Crippen LogP contribution >= 0.6 is 0 Å². The van der Waals surface area contributed by atoms with Crippen molar-refractivity contribution in [1.29, 1.82) is 0 Å². The van der Waals surface area contributed by atoms with E-state index in [0.29, 0.717) is 12.2 Å². The summed E-state index contributed by atoms with van der Waals surface area (Å²) in [6.45, 7) is 3.39. The zero-order valence-corrected chi connectivity index (χ0v) is 17.8. The maximum Gasteiger partial charge on any atom is 0.264 e. The number of rotatable bonds is 6. The second-order valence-corrected chi connectivity index (χ2v) is 8.67. The van der Waals surface area contributed by atoms with E-state index in [1.165, 1.54) is 34.9 Å². The van der Waals surface area contributed by atoms with Crippen molar-refractivity contribution in [2.45, 2.75) is 25.3 Å². The predicted molar refractivity (Wildman–Crippen MR) is 116 cm³/mol. The normalized spacial score (nSPS) is 11.0. The van der Waals surface area contributed by atoms with E-state index in [0.717, 1.165) is 18.1 Å². The Kier molecular flexibility index (Phi) is 6.36. The van der Waals surface area contributed by atoms with Crippen LogP contribution in [0.4, 0.5) is 5.69 Å². The van der Waals surface area contributed by atoms with Gasteiger partial charge in [-0.05, 0) is 48.9 Å². The van der Waals surface area contributed by atoms with Crippen LogP contribution in [0.25, 0.3) is 0 Å². The van der Waals surface area contributed by atoms with Crippen LogP contribution in [0.2, 0.25) is 0 Å². The van der Waals surface area contributed by atoms with E-state index in [2.05, 4.69) is 5.32 Å². The number of nitrogens with zero attached hydrogens (tertiary/aromatic N) is 1. The lowest BCUT2D eigenvalue weighted by molar-refractivity contribution is -0.117. The highest BCUT2D eigenvalue weighted by Gasteiger charge is 2.16. The first-order valence-corrected chi connectivity index (χ1v) is 10.8. The maximum absolute atomic E-state index is 12.8. The molecule has 2 amide bonds. The largest absolute Gasteiger partial charge is 0.322 e. The number of hydrogen-bond donors (Lipinski definition) is 2. The molecule has 1 heterocycles. The summed E-state index contributed by atoms with van der Waals surface area (Å²) in [5.41, 5.74) is 1.84. The van der Waals surface area contributed by atoms with Crippen LogP contribution < -0.4 is 15.6 Å². The third-order valence-corrected chi connectivity index (χ3v) is 5.85. The summed E-state index contributed by atoms with van der Waals surface area (Å²) >= 11 is 0. The van der Waals surface area contributed by atoms with E-state index in [1.807, 2.05) is 35.9 Å². The van der Waals surface area contributed by atoms with Crippen LogP contribution in [-0.4, -0.2) is 24.8 Å². The lowest BCUT2D eigenvalue weighted by atomic mass is 10.1. The molecule has 0 aliphatic rings. The molecular formula is C22H21N3O5S. The van der Waals surface area contributed by atoms with Crippen molar-refractivity contribution in [3.63, 3.8) is 0 Å². The number of benzene rings is 2. The quantitative estimate of drug-likeness (QED) is 0.612. The topological polar surface area (TPSA) is 114 Å². The van der Waals surface area contributed by atoms with E-state index < -0.39 is 27.4 Å². The summed E-state index contributed by atoms with van der Waals surface area (Å²) in [6.07, 6.45) is 1.61. The molecule has 0 radical (unpaired) electrons. The SMILES string of the molecule is CC(=O)NS(=O)(=O)c1ccc(NC(=O)c2cccn(Cc3cccc(C)c3)c2=O)cc1. The number of hydrogen-bond acceptors (Lipinski definition) is 5. The highest BCUT2D eigenvalue weighted by Crippen LogP contribution is 2.15. The lowest BCUT2D eigenvalue weighted by Crippen LogP contribution is -2.29. The number of sulfonamides is 1. The second kappa shape index (κ2) is 8.97. The minimum absolute atomic E-state index is 0.0369. The molecule has 3 aromatic rings. The van der Waals surface area contributed by atoms with Crippen LogP contribution in [0.1, 0.15) is 28.4 Å². The Morgan fingerprint density at radius 2 is 1.71 bits per heavy atom. The number of aryl methyl sites for hydroxylation is 1. The fraction of sp³-hybridized carbons (Fsp3) is 0.136. The fourth-order valence-corrected chi connectivity index (χ4v) is 4.00. The minimum Gasteiger partial charge on any atom is -0.322 e. The molecule has 9 heteroatoms. The highest BCUT2D eigenvalue weighted by atomic mass is 32.2. The Labute approximate surface area is 179 Å². The summed E-state index contributed by atoms with van der Waals surface area (Å²) in [6, 6.07) is 16.0. The second-order valence-electron chi connectivity index (χ2n) is 6.98. The summed E-state index contributed by atoms with van der Waals surface area (Å²) in [5, 5.41) is 2.58. The van der Waals surface area contributed by atoms with Crippen molar-refractivity contribution in [3.05, 3.63) is 93.9 Å². The van der Waals surface area contributed by atoms with Gasteiger partial charge in [0.15, 0.2) is 0 Å². The predicted octanol–water partition coefficient (Wildman–Crippen LogP) is 2.28. The highest BCUT2D eigenvalue weighted by molar-refractivity contribution is 7.90. The van der Waals surface area contributed by atoms with Gasteiger partial charge in [0.2, 0.25) is 5.91 Å². The number of nitrogens with one attached hydrogen (secondary N) is 2. The zero-order chi connectivity index (χ0) is 22.6. The van der Waals surface area contributed by atoms with Gasteiger partial charge < -0.3 is 9.88 Å². The van der Waals surface area contributed by atoms with Crippen LogP contribution in [0.15, 0.2) is 76.6 Å². The van der Waals surface area contributed by atoms with Gasteiger partial charge in [-0.1, -0.05) is 29.8 Å². The molecule has 8 nitrogen and oxygen atoms in total. The van der Waals surface area contributed by atoms with Crippen molar-refractivity contribution in [2.24, 2.45) is 0 Å². The van der Waals surface area contributed by atoms with Crippen molar-refractivity contribution in [1.82, 2.24) is 9.29 Å². The van der Waals surface area contributed by atoms with E-state index >= 15 is 0 Å². The Balaban J connectivity index is 1.78. The maximum atomic E-state index is 12.8. The Morgan fingerprint density at radius 1 is 1.00 bits per heavy atom. The van der Waals surface area contributed by atoms with Gasteiger partial charge in [0, 0.05) is 18.8 Å². The molecule has 1 aromatic heterocycles. The van der Waals surface area contributed by atoms with Crippen molar-refractivity contribution in [3.8, 4) is 0 Å². The van der Waals surface area contributed by atoms with Crippen LogP contribution in [0.5, 0.6) is 0 Å². The molecule has 3 rings (SSSR count). The molecule has 0 spiro atoms. The molecule has 0 bridgehead atoms. The number of amides is 2.